The van der Waals surface area contributed by atoms with E-state index in [-0.39, 0.29) is 85.1 Å². The maximum Gasteiger partial charge on any atom is 0.319 e. The number of alkyl halides is 3. The molecule has 14 heteroatoms. The Kier molecular flexibility index (Phi) is 7.86. The van der Waals surface area contributed by atoms with Crippen LogP contribution in [-0.4, -0.2) is 100 Å². The van der Waals surface area contributed by atoms with Gasteiger partial charge in [0.15, 0.2) is 5.82 Å². The Morgan fingerprint density at radius 1 is 1.14 bits per heavy atom. The van der Waals surface area contributed by atoms with Crippen LogP contribution in [0.25, 0.3) is 32.9 Å². The van der Waals surface area contributed by atoms with Crippen molar-refractivity contribution in [3.8, 4) is 23.0 Å². The van der Waals surface area contributed by atoms with Gasteiger partial charge in [-0.05, 0) is 73.2 Å². The number of carbonyl (C=O) groups excluding carboxylic acids is 1. The number of nitrogens with zero attached hydrogens (tertiary/aromatic N) is 6. The van der Waals surface area contributed by atoms with Gasteiger partial charge in [-0.1, -0.05) is 13.0 Å². The summed E-state index contributed by atoms with van der Waals surface area (Å²) in [6, 6.07) is 5.35. The number of carbonyl (C=O) groups is 1. The predicted octanol–water partition coefficient (Wildman–Crippen LogP) is 6.29. The summed E-state index contributed by atoms with van der Waals surface area (Å²) in [6.45, 7) is 2.30. The quantitative estimate of drug-likeness (QED) is 0.224. The van der Waals surface area contributed by atoms with E-state index in [1.54, 1.807) is 11.8 Å². The monoisotopic (exact) mass is 710 g/mol. The highest BCUT2D eigenvalue weighted by Gasteiger charge is 2.70. The van der Waals surface area contributed by atoms with E-state index in [2.05, 4.69) is 19.9 Å². The minimum atomic E-state index is -3.28. The molecule has 51 heavy (non-hydrogen) atoms. The summed E-state index contributed by atoms with van der Waals surface area (Å²) < 4.78 is 84.7. The van der Waals surface area contributed by atoms with E-state index in [4.69, 9.17) is 4.74 Å². The second kappa shape index (κ2) is 11.9. The molecule has 3 saturated heterocycles. The van der Waals surface area contributed by atoms with Gasteiger partial charge in [0.05, 0.1) is 10.9 Å². The van der Waals surface area contributed by atoms with E-state index in [9.17, 15) is 14.3 Å². The van der Waals surface area contributed by atoms with Crippen molar-refractivity contribution in [2.24, 2.45) is 11.3 Å². The van der Waals surface area contributed by atoms with Gasteiger partial charge < -0.3 is 19.6 Å². The number of aromatic nitrogens is 3. The third kappa shape index (κ3) is 5.02. The molecule has 0 spiro atoms. The van der Waals surface area contributed by atoms with Crippen LogP contribution in [0.2, 0.25) is 0 Å². The molecule has 1 aliphatic carbocycles. The number of aromatic hydroxyl groups is 1. The lowest BCUT2D eigenvalue weighted by molar-refractivity contribution is -0.173. The van der Waals surface area contributed by atoms with Crippen LogP contribution in [0.4, 0.5) is 27.8 Å². The van der Waals surface area contributed by atoms with Crippen molar-refractivity contribution in [1.29, 1.82) is 0 Å². The number of fused-ring (bicyclic) bond motifs is 5. The zero-order chi connectivity index (χ0) is 36.0. The van der Waals surface area contributed by atoms with Crippen LogP contribution in [0.3, 0.4) is 0 Å². The first-order valence-electron chi connectivity index (χ1n) is 17.5. The van der Waals surface area contributed by atoms with Crippen LogP contribution in [-0.2, 0) is 11.2 Å². The van der Waals surface area contributed by atoms with E-state index in [0.29, 0.717) is 29.3 Å². The number of benzene rings is 2. The highest BCUT2D eigenvalue weighted by Crippen LogP contribution is 2.58. The molecular weight excluding hydrogens is 671 g/mol. The van der Waals surface area contributed by atoms with Crippen molar-refractivity contribution < 1.29 is 36.6 Å². The van der Waals surface area contributed by atoms with Crippen LogP contribution < -0.4 is 9.64 Å². The average molecular weight is 711 g/mol. The number of rotatable bonds is 7. The van der Waals surface area contributed by atoms with Crippen LogP contribution >= 0.6 is 0 Å². The number of piperidine rings is 1. The fourth-order valence-corrected chi connectivity index (χ4v) is 9.31. The molecule has 1 saturated carbocycles. The molecule has 4 aliphatic rings. The van der Waals surface area contributed by atoms with Gasteiger partial charge in [-0.15, -0.1) is 0 Å². The number of phenolic OH excluding ortho intramolecular Hbond substituents is 1. The van der Waals surface area contributed by atoms with Crippen molar-refractivity contribution in [3.63, 3.8) is 0 Å². The normalized spacial score (nSPS) is 27.0. The summed E-state index contributed by atoms with van der Waals surface area (Å²) in [5.41, 5.74) is -2.56. The molecule has 4 fully saturated rings. The third-order valence-electron chi connectivity index (χ3n) is 11.7. The Hall–Kier alpha value is -4.33. The lowest BCUT2D eigenvalue weighted by Crippen LogP contribution is -2.62. The maximum absolute atomic E-state index is 17.0. The van der Waals surface area contributed by atoms with Crippen molar-refractivity contribution in [3.05, 3.63) is 47.7 Å². The molecule has 0 radical (unpaired) electrons. The number of amides is 1. The molecule has 3 aliphatic heterocycles. The minimum absolute atomic E-state index is 0.0229. The summed E-state index contributed by atoms with van der Waals surface area (Å²) in [7, 11) is 2.90. The molecule has 4 atom stereocenters. The molecule has 9 nitrogen and oxygen atoms in total. The van der Waals surface area contributed by atoms with Crippen LogP contribution in [0.1, 0.15) is 44.6 Å². The first kappa shape index (κ1) is 33.8. The number of aryl methyl sites for hydroxylation is 1. The second-order valence-corrected chi connectivity index (χ2v) is 14.9. The maximum atomic E-state index is 17.0. The zero-order valence-corrected chi connectivity index (χ0v) is 28.7. The first-order chi connectivity index (χ1) is 24.3. The number of hydrogen-bond donors (Lipinski definition) is 1. The van der Waals surface area contributed by atoms with Gasteiger partial charge in [-0.3, -0.25) is 14.7 Å². The van der Waals surface area contributed by atoms with Crippen molar-refractivity contribution in [2.75, 3.05) is 51.8 Å². The van der Waals surface area contributed by atoms with E-state index in [1.165, 1.54) is 49.5 Å². The van der Waals surface area contributed by atoms with Crippen molar-refractivity contribution in [1.82, 2.24) is 24.8 Å². The lowest BCUT2D eigenvalue weighted by atomic mass is 9.77. The van der Waals surface area contributed by atoms with Gasteiger partial charge in [0.25, 0.3) is 5.92 Å². The standard InChI is InChI=1S/C37H39F5N6O3/c1-4-24-27(39)7-6-20-12-23(49)13-25(28(20)24)30-29(40)31-26(15-43-30)32(45-34(44-31)51-19-35-9-5-11-48(35)17-22(38)14-35)47-16-21-8-10-36(18-47,37(21,41)42)33(50)46(2)3/h6-7,12-13,15,21-22,49H,4-5,8-11,14,16-19H2,1-3H3/t21?,22-,35+,36?/m1/s1. The molecule has 2 unspecified atom stereocenters. The van der Waals surface area contributed by atoms with E-state index in [0.717, 1.165) is 13.0 Å². The molecule has 8 rings (SSSR count). The Morgan fingerprint density at radius 3 is 2.71 bits per heavy atom. The fraction of sp³-hybridized carbons (Fsp3) is 0.514. The number of halogens is 5. The van der Waals surface area contributed by atoms with Crippen LogP contribution in [0.5, 0.6) is 11.8 Å². The molecule has 270 valence electrons. The lowest BCUT2D eigenvalue weighted by Gasteiger charge is -2.46. The highest BCUT2D eigenvalue weighted by atomic mass is 19.3. The SMILES string of the molecule is CCc1c(F)ccc2cc(O)cc(-c3ncc4c(N5CC6CCC(C(=O)N(C)C)(C5)C6(F)F)nc(OC[C@@]56CCCN5C[C@H](F)C6)nc4c3F)c12. The van der Waals surface area contributed by atoms with Gasteiger partial charge in [0, 0.05) is 57.8 Å². The van der Waals surface area contributed by atoms with E-state index >= 15 is 17.6 Å². The number of pyridine rings is 1. The molecule has 1 amide bonds. The van der Waals surface area contributed by atoms with Crippen LogP contribution in [0, 0.1) is 23.0 Å². The Balaban J connectivity index is 1.29. The molecule has 4 aromatic rings. The first-order valence-corrected chi connectivity index (χ1v) is 17.5. The van der Waals surface area contributed by atoms with Gasteiger partial charge >= 0.3 is 6.01 Å². The van der Waals surface area contributed by atoms with Crippen LogP contribution in [0.15, 0.2) is 30.5 Å². The van der Waals surface area contributed by atoms with Crippen molar-refractivity contribution in [2.45, 2.75) is 63.1 Å². The Morgan fingerprint density at radius 2 is 1.94 bits per heavy atom. The fourth-order valence-electron chi connectivity index (χ4n) is 9.31. The van der Waals surface area contributed by atoms with E-state index < -0.39 is 46.5 Å². The summed E-state index contributed by atoms with van der Waals surface area (Å²) in [6.07, 6.45) is 2.55. The molecule has 2 aromatic carbocycles. The summed E-state index contributed by atoms with van der Waals surface area (Å²) in [5.74, 6) is -6.62. The molecule has 5 heterocycles. The smallest absolute Gasteiger partial charge is 0.319 e. The average Bonchev–Trinajstić information content (AvgIpc) is 3.63. The molecule has 2 bridgehead atoms. The third-order valence-corrected chi connectivity index (χ3v) is 11.7. The van der Waals surface area contributed by atoms with Gasteiger partial charge in [0.1, 0.15) is 46.8 Å². The molecule has 1 N–H and O–H groups in total. The topological polar surface area (TPSA) is 94.9 Å². The highest BCUT2D eigenvalue weighted by molar-refractivity contribution is 6.02. The molecular formula is C37H39F5N6O3. The van der Waals surface area contributed by atoms with Gasteiger partial charge in [-0.25, -0.2) is 22.0 Å². The number of phenols is 1. The summed E-state index contributed by atoms with van der Waals surface area (Å²) in [4.78, 5) is 31.9. The largest absolute Gasteiger partial charge is 0.508 e. The van der Waals surface area contributed by atoms with Gasteiger partial charge in [0.2, 0.25) is 5.91 Å². The Labute approximate surface area is 291 Å². The second-order valence-electron chi connectivity index (χ2n) is 14.9. The van der Waals surface area contributed by atoms with Gasteiger partial charge in [-0.2, -0.15) is 9.97 Å². The number of anilines is 1. The number of ether oxygens (including phenoxy) is 1. The molecule has 2 aromatic heterocycles. The van der Waals surface area contributed by atoms with Crippen molar-refractivity contribution >= 4 is 33.4 Å². The Bertz CT molecular complexity index is 2080. The zero-order valence-electron chi connectivity index (χ0n) is 28.7. The summed E-state index contributed by atoms with van der Waals surface area (Å²) >= 11 is 0. The van der Waals surface area contributed by atoms with E-state index in [1.807, 2.05) is 0 Å². The summed E-state index contributed by atoms with van der Waals surface area (Å²) in [5, 5.41) is 11.6. The minimum Gasteiger partial charge on any atom is -0.508 e. The number of hydrogen-bond acceptors (Lipinski definition) is 8. The predicted molar refractivity (Wildman–Crippen MR) is 181 cm³/mol.